The Kier molecular flexibility index (Phi) is 6.41. The molecule has 7 nitrogen and oxygen atoms in total. The number of aromatic nitrogens is 2. The van der Waals surface area contributed by atoms with E-state index in [2.05, 4.69) is 20.6 Å². The molecular formula is C21H22N4O3. The SMILES string of the molecule is CCOc1ccc(NC(=O)c2cnc(NCc3ccc(OC)cc3)nc2)cc1. The lowest BCUT2D eigenvalue weighted by Crippen LogP contribution is -2.13. The number of rotatable bonds is 8. The molecule has 144 valence electrons. The highest BCUT2D eigenvalue weighted by molar-refractivity contribution is 6.03. The first kappa shape index (κ1) is 19.2. The number of ether oxygens (including phenoxy) is 2. The molecular weight excluding hydrogens is 356 g/mol. The molecule has 0 saturated heterocycles. The van der Waals surface area contributed by atoms with Crippen LogP contribution in [-0.4, -0.2) is 29.6 Å². The predicted octanol–water partition coefficient (Wildman–Crippen LogP) is 3.75. The summed E-state index contributed by atoms with van der Waals surface area (Å²) in [5.74, 6) is 1.75. The van der Waals surface area contributed by atoms with Gasteiger partial charge in [0.25, 0.3) is 5.91 Å². The zero-order valence-electron chi connectivity index (χ0n) is 15.8. The molecule has 2 N–H and O–H groups in total. The van der Waals surface area contributed by atoms with Gasteiger partial charge in [0.2, 0.25) is 5.95 Å². The first-order valence-electron chi connectivity index (χ1n) is 8.91. The fraction of sp³-hybridized carbons (Fsp3) is 0.190. The Labute approximate surface area is 163 Å². The van der Waals surface area contributed by atoms with Gasteiger partial charge in [0.15, 0.2) is 0 Å². The van der Waals surface area contributed by atoms with Crippen molar-refractivity contribution in [1.29, 1.82) is 0 Å². The van der Waals surface area contributed by atoms with E-state index in [1.165, 1.54) is 12.4 Å². The Morgan fingerprint density at radius 1 is 0.964 bits per heavy atom. The topological polar surface area (TPSA) is 85.4 Å². The second kappa shape index (κ2) is 9.36. The Morgan fingerprint density at radius 2 is 1.61 bits per heavy atom. The van der Waals surface area contributed by atoms with Gasteiger partial charge in [0, 0.05) is 24.6 Å². The van der Waals surface area contributed by atoms with Crippen LogP contribution in [0.5, 0.6) is 11.5 Å². The molecule has 3 aromatic rings. The second-order valence-corrected chi connectivity index (χ2v) is 5.91. The molecule has 0 radical (unpaired) electrons. The predicted molar refractivity (Wildman–Crippen MR) is 108 cm³/mol. The van der Waals surface area contributed by atoms with Crippen LogP contribution in [0.25, 0.3) is 0 Å². The number of carbonyl (C=O) groups excluding carboxylic acids is 1. The zero-order chi connectivity index (χ0) is 19.8. The van der Waals surface area contributed by atoms with E-state index in [9.17, 15) is 4.79 Å². The summed E-state index contributed by atoms with van der Waals surface area (Å²) in [5.41, 5.74) is 2.13. The third-order valence-corrected chi connectivity index (χ3v) is 3.95. The molecule has 1 amide bonds. The summed E-state index contributed by atoms with van der Waals surface area (Å²) in [6, 6.07) is 14.9. The summed E-state index contributed by atoms with van der Waals surface area (Å²) in [5, 5.41) is 5.93. The molecule has 0 spiro atoms. The smallest absolute Gasteiger partial charge is 0.258 e. The van der Waals surface area contributed by atoms with Crippen molar-refractivity contribution < 1.29 is 14.3 Å². The van der Waals surface area contributed by atoms with Crippen molar-refractivity contribution in [1.82, 2.24) is 9.97 Å². The van der Waals surface area contributed by atoms with Crippen molar-refractivity contribution in [3.8, 4) is 11.5 Å². The highest BCUT2D eigenvalue weighted by Crippen LogP contribution is 2.16. The van der Waals surface area contributed by atoms with Crippen LogP contribution in [0.2, 0.25) is 0 Å². The third kappa shape index (κ3) is 5.20. The fourth-order valence-corrected chi connectivity index (χ4v) is 2.47. The van der Waals surface area contributed by atoms with E-state index in [0.29, 0.717) is 30.4 Å². The number of hydrogen-bond acceptors (Lipinski definition) is 6. The molecule has 0 atom stereocenters. The van der Waals surface area contributed by atoms with Gasteiger partial charge in [-0.15, -0.1) is 0 Å². The maximum atomic E-state index is 12.3. The van der Waals surface area contributed by atoms with Crippen LogP contribution in [0.4, 0.5) is 11.6 Å². The Balaban J connectivity index is 1.54. The molecule has 0 aliphatic rings. The van der Waals surface area contributed by atoms with Gasteiger partial charge >= 0.3 is 0 Å². The van der Waals surface area contributed by atoms with E-state index in [-0.39, 0.29) is 5.91 Å². The number of hydrogen-bond donors (Lipinski definition) is 2. The van der Waals surface area contributed by atoms with Crippen LogP contribution < -0.4 is 20.1 Å². The van der Waals surface area contributed by atoms with Crippen LogP contribution in [-0.2, 0) is 6.54 Å². The first-order chi connectivity index (χ1) is 13.7. The number of nitrogens with one attached hydrogen (secondary N) is 2. The average molecular weight is 378 g/mol. The molecule has 0 aliphatic carbocycles. The summed E-state index contributed by atoms with van der Waals surface area (Å²) >= 11 is 0. The molecule has 0 bridgehead atoms. The van der Waals surface area contributed by atoms with Gasteiger partial charge in [-0.05, 0) is 48.9 Å². The first-order valence-corrected chi connectivity index (χ1v) is 8.91. The molecule has 3 rings (SSSR count). The molecule has 1 heterocycles. The summed E-state index contributed by atoms with van der Waals surface area (Å²) < 4.78 is 10.5. The number of amides is 1. The van der Waals surface area contributed by atoms with Crippen molar-refractivity contribution in [2.75, 3.05) is 24.4 Å². The number of nitrogens with zero attached hydrogens (tertiary/aromatic N) is 2. The van der Waals surface area contributed by atoms with Crippen LogP contribution in [0.3, 0.4) is 0 Å². The number of carbonyl (C=O) groups is 1. The molecule has 28 heavy (non-hydrogen) atoms. The van der Waals surface area contributed by atoms with Crippen molar-refractivity contribution in [2.24, 2.45) is 0 Å². The highest BCUT2D eigenvalue weighted by atomic mass is 16.5. The molecule has 0 saturated carbocycles. The number of benzene rings is 2. The monoisotopic (exact) mass is 378 g/mol. The largest absolute Gasteiger partial charge is 0.497 e. The van der Waals surface area contributed by atoms with E-state index in [1.807, 2.05) is 43.3 Å². The lowest BCUT2D eigenvalue weighted by molar-refractivity contribution is 0.102. The molecule has 0 fully saturated rings. The minimum atomic E-state index is -0.272. The average Bonchev–Trinajstić information content (AvgIpc) is 2.74. The minimum absolute atomic E-state index is 0.272. The quantitative estimate of drug-likeness (QED) is 0.621. The van der Waals surface area contributed by atoms with Crippen molar-refractivity contribution in [3.05, 3.63) is 72.1 Å². The minimum Gasteiger partial charge on any atom is -0.497 e. The van der Waals surface area contributed by atoms with Crippen molar-refractivity contribution in [3.63, 3.8) is 0 Å². The molecule has 0 aliphatic heterocycles. The molecule has 7 heteroatoms. The van der Waals surface area contributed by atoms with E-state index >= 15 is 0 Å². The van der Waals surface area contributed by atoms with Crippen LogP contribution in [0.15, 0.2) is 60.9 Å². The maximum Gasteiger partial charge on any atom is 0.258 e. The number of anilines is 2. The van der Waals surface area contributed by atoms with Gasteiger partial charge in [0.05, 0.1) is 19.3 Å². The molecule has 1 aromatic heterocycles. The maximum absolute atomic E-state index is 12.3. The van der Waals surface area contributed by atoms with E-state index in [0.717, 1.165) is 17.1 Å². The van der Waals surface area contributed by atoms with Gasteiger partial charge in [-0.2, -0.15) is 0 Å². The normalized spacial score (nSPS) is 10.2. The molecule has 0 unspecified atom stereocenters. The Morgan fingerprint density at radius 3 is 2.21 bits per heavy atom. The van der Waals surface area contributed by atoms with Crippen molar-refractivity contribution in [2.45, 2.75) is 13.5 Å². The summed E-state index contributed by atoms with van der Waals surface area (Å²) in [6.07, 6.45) is 2.99. The highest BCUT2D eigenvalue weighted by Gasteiger charge is 2.08. The van der Waals surface area contributed by atoms with Crippen LogP contribution in [0.1, 0.15) is 22.8 Å². The van der Waals surface area contributed by atoms with Crippen molar-refractivity contribution >= 4 is 17.5 Å². The number of methoxy groups -OCH3 is 1. The zero-order valence-corrected chi connectivity index (χ0v) is 15.8. The van der Waals surface area contributed by atoms with Gasteiger partial charge < -0.3 is 20.1 Å². The van der Waals surface area contributed by atoms with Gasteiger partial charge in [-0.25, -0.2) is 9.97 Å². The fourth-order valence-electron chi connectivity index (χ4n) is 2.47. The lowest BCUT2D eigenvalue weighted by Gasteiger charge is -2.08. The van der Waals surface area contributed by atoms with Crippen LogP contribution >= 0.6 is 0 Å². The Bertz CT molecular complexity index is 894. The molecule has 2 aromatic carbocycles. The van der Waals surface area contributed by atoms with E-state index in [1.54, 1.807) is 19.2 Å². The Hall–Kier alpha value is -3.61. The standard InChI is InChI=1S/C21H22N4O3/c1-3-28-19-10-6-17(7-11-19)25-20(26)16-13-23-21(24-14-16)22-12-15-4-8-18(27-2)9-5-15/h4-11,13-14H,3,12H2,1-2H3,(H,25,26)(H,22,23,24). The lowest BCUT2D eigenvalue weighted by atomic mass is 10.2. The van der Waals surface area contributed by atoms with Gasteiger partial charge in [-0.3, -0.25) is 4.79 Å². The summed E-state index contributed by atoms with van der Waals surface area (Å²) in [7, 11) is 1.63. The van der Waals surface area contributed by atoms with Gasteiger partial charge in [0.1, 0.15) is 11.5 Å². The summed E-state index contributed by atoms with van der Waals surface area (Å²) in [6.45, 7) is 3.09. The summed E-state index contributed by atoms with van der Waals surface area (Å²) in [4.78, 5) is 20.7. The third-order valence-electron chi connectivity index (χ3n) is 3.95. The van der Waals surface area contributed by atoms with E-state index < -0.39 is 0 Å². The van der Waals surface area contributed by atoms with Gasteiger partial charge in [-0.1, -0.05) is 12.1 Å². The van der Waals surface area contributed by atoms with Crippen LogP contribution in [0, 0.1) is 0 Å². The van der Waals surface area contributed by atoms with E-state index in [4.69, 9.17) is 9.47 Å². The second-order valence-electron chi connectivity index (χ2n) is 5.91.